The first-order valence-corrected chi connectivity index (χ1v) is 20.1. The Morgan fingerprint density at radius 2 is 1.22 bits per heavy atom. The summed E-state index contributed by atoms with van der Waals surface area (Å²) < 4.78 is 2.39. The molecule has 0 unspecified atom stereocenters. The van der Waals surface area contributed by atoms with Crippen molar-refractivity contribution in [2.24, 2.45) is 20.0 Å². The van der Waals surface area contributed by atoms with Gasteiger partial charge in [0.15, 0.2) is 11.7 Å². The lowest BCUT2D eigenvalue weighted by molar-refractivity contribution is 0.961. The molecular weight excluding hydrogens is 733 g/mol. The van der Waals surface area contributed by atoms with Crippen molar-refractivity contribution in [3.63, 3.8) is 0 Å². The van der Waals surface area contributed by atoms with E-state index >= 15 is 0 Å². The predicted molar refractivity (Wildman–Crippen MR) is 252 cm³/mol. The summed E-state index contributed by atoms with van der Waals surface area (Å²) >= 11 is 0. The van der Waals surface area contributed by atoms with Gasteiger partial charge in [0.2, 0.25) is 0 Å². The third-order valence-electron chi connectivity index (χ3n) is 11.3. The molecule has 1 aliphatic rings. The van der Waals surface area contributed by atoms with Gasteiger partial charge in [-0.1, -0.05) is 146 Å². The standard InChI is InChI=1S/C54H40N6/c1-55-48-25-12-14-27-50(48)59-36-42-21-9-10-23-44(42)46-33-47-45-24-11-13-26-49(45)60(52(47)34-51(46)59)43-30-28-38(29-31-43)41-22-15-16-37(32-41)35-57-54(40-19-7-4-8-20-40)58-53(56-2)39-17-5-3-6-18-39/h3-34H,1-2,35-36H2. The van der Waals surface area contributed by atoms with E-state index in [1.165, 1.54) is 27.5 Å². The fourth-order valence-corrected chi connectivity index (χ4v) is 8.41. The van der Waals surface area contributed by atoms with Crippen LogP contribution in [-0.2, 0) is 13.1 Å². The molecule has 0 aliphatic carbocycles. The highest BCUT2D eigenvalue weighted by atomic mass is 15.2. The highest BCUT2D eigenvalue weighted by Gasteiger charge is 2.27. The first-order chi connectivity index (χ1) is 29.7. The molecule has 10 rings (SSSR count). The Morgan fingerprint density at radius 3 is 2.00 bits per heavy atom. The van der Waals surface area contributed by atoms with Crippen LogP contribution in [0.2, 0.25) is 0 Å². The molecule has 0 fully saturated rings. The van der Waals surface area contributed by atoms with Gasteiger partial charge >= 0.3 is 0 Å². The topological polar surface area (TPSA) is 57.6 Å². The number of hydrogen-bond donors (Lipinski definition) is 0. The van der Waals surface area contributed by atoms with E-state index in [9.17, 15) is 0 Å². The van der Waals surface area contributed by atoms with Crippen molar-refractivity contribution < 1.29 is 0 Å². The van der Waals surface area contributed by atoms with Crippen molar-refractivity contribution in [3.8, 4) is 27.9 Å². The monoisotopic (exact) mass is 772 g/mol. The van der Waals surface area contributed by atoms with Crippen LogP contribution >= 0.6 is 0 Å². The van der Waals surface area contributed by atoms with Crippen molar-refractivity contribution in [1.82, 2.24) is 4.57 Å². The molecule has 0 saturated carbocycles. The molecule has 286 valence electrons. The Hall–Kier alpha value is -7.96. The lowest BCUT2D eigenvalue weighted by Gasteiger charge is -2.34. The van der Waals surface area contributed by atoms with Crippen LogP contribution in [0, 0.1) is 0 Å². The largest absolute Gasteiger partial charge is 0.335 e. The van der Waals surface area contributed by atoms with Gasteiger partial charge in [0.25, 0.3) is 0 Å². The van der Waals surface area contributed by atoms with Crippen molar-refractivity contribution in [2.45, 2.75) is 13.1 Å². The van der Waals surface area contributed by atoms with Gasteiger partial charge in [0, 0.05) is 39.7 Å². The molecule has 1 aliphatic heterocycles. The van der Waals surface area contributed by atoms with Crippen LogP contribution in [0.15, 0.2) is 214 Å². The third kappa shape index (κ3) is 6.70. The molecule has 0 spiro atoms. The summed E-state index contributed by atoms with van der Waals surface area (Å²) in [6.45, 7) is 8.90. The molecule has 8 aromatic carbocycles. The molecule has 0 saturated heterocycles. The van der Waals surface area contributed by atoms with E-state index in [1.807, 2.05) is 72.8 Å². The number of hydrogen-bond acceptors (Lipinski definition) is 3. The first kappa shape index (κ1) is 36.4. The van der Waals surface area contributed by atoms with E-state index < -0.39 is 0 Å². The van der Waals surface area contributed by atoms with Crippen LogP contribution in [0.3, 0.4) is 0 Å². The number of para-hydroxylation sites is 3. The molecule has 6 heteroatoms. The van der Waals surface area contributed by atoms with Gasteiger partial charge in [-0.25, -0.2) is 9.98 Å². The van der Waals surface area contributed by atoms with Crippen molar-refractivity contribution in [1.29, 1.82) is 0 Å². The average molecular weight is 773 g/mol. The quantitative estimate of drug-likeness (QED) is 0.112. The van der Waals surface area contributed by atoms with E-state index in [-0.39, 0.29) is 0 Å². The molecule has 6 nitrogen and oxygen atoms in total. The van der Waals surface area contributed by atoms with E-state index in [2.05, 4.69) is 154 Å². The van der Waals surface area contributed by atoms with Gasteiger partial charge in [-0.2, -0.15) is 0 Å². The number of anilines is 2. The normalized spacial score (nSPS) is 12.6. The van der Waals surface area contributed by atoms with E-state index in [4.69, 9.17) is 9.98 Å². The second-order valence-corrected chi connectivity index (χ2v) is 14.8. The van der Waals surface area contributed by atoms with E-state index in [1.54, 1.807) is 0 Å². The number of aromatic nitrogens is 1. The highest BCUT2D eigenvalue weighted by Crippen LogP contribution is 2.48. The summed E-state index contributed by atoms with van der Waals surface area (Å²) in [4.78, 5) is 21.0. The SMILES string of the molecule is C=NC(=NC(=NCc1cccc(-c2ccc(-n3c4ccccc4c4cc5c(cc43)N(c3ccccc3N=C)Cc3ccccc3-5)cc2)c1)c1ccccc1)c1ccccc1. The maximum absolute atomic E-state index is 5.02. The zero-order valence-corrected chi connectivity index (χ0v) is 33.0. The first-order valence-electron chi connectivity index (χ1n) is 20.1. The van der Waals surface area contributed by atoms with E-state index in [0.29, 0.717) is 18.2 Å². The zero-order chi connectivity index (χ0) is 40.4. The highest BCUT2D eigenvalue weighted by molar-refractivity contribution is 6.14. The Kier molecular flexibility index (Phi) is 9.56. The summed E-state index contributed by atoms with van der Waals surface area (Å²) in [5.74, 6) is 1.14. The van der Waals surface area contributed by atoms with Crippen LogP contribution in [0.25, 0.3) is 49.7 Å². The molecule has 0 N–H and O–H groups in total. The fraction of sp³-hybridized carbons (Fsp3) is 0.0370. The summed E-state index contributed by atoms with van der Waals surface area (Å²) in [6, 6.07) is 67.8. The average Bonchev–Trinajstić information content (AvgIpc) is 3.64. The maximum atomic E-state index is 5.02. The maximum Gasteiger partial charge on any atom is 0.161 e. The van der Waals surface area contributed by atoms with Gasteiger partial charge in [-0.3, -0.25) is 9.98 Å². The zero-order valence-electron chi connectivity index (χ0n) is 33.0. The Morgan fingerprint density at radius 1 is 0.517 bits per heavy atom. The molecule has 1 aromatic heterocycles. The minimum Gasteiger partial charge on any atom is -0.335 e. The van der Waals surface area contributed by atoms with Gasteiger partial charge in [0.05, 0.1) is 34.6 Å². The number of rotatable bonds is 8. The predicted octanol–water partition coefficient (Wildman–Crippen LogP) is 13.2. The Bertz CT molecular complexity index is 3120. The third-order valence-corrected chi connectivity index (χ3v) is 11.3. The van der Waals surface area contributed by atoms with Crippen molar-refractivity contribution >= 4 is 64.0 Å². The minimum atomic E-state index is 0.458. The fourth-order valence-electron chi connectivity index (χ4n) is 8.41. The number of aliphatic imine (C=N–C) groups is 4. The van der Waals surface area contributed by atoms with Crippen LogP contribution in [0.1, 0.15) is 22.3 Å². The summed E-state index contributed by atoms with van der Waals surface area (Å²) in [6.07, 6.45) is 0. The Labute approximate surface area is 349 Å². The molecule has 0 bridgehead atoms. The summed E-state index contributed by atoms with van der Waals surface area (Å²) in [5.41, 5.74) is 15.4. The molecule has 2 heterocycles. The van der Waals surface area contributed by atoms with Crippen molar-refractivity contribution in [3.05, 3.63) is 216 Å². The number of benzene rings is 8. The minimum absolute atomic E-state index is 0.458. The summed E-state index contributed by atoms with van der Waals surface area (Å²) in [7, 11) is 0. The molecule has 0 atom stereocenters. The van der Waals surface area contributed by atoms with Crippen LogP contribution in [0.5, 0.6) is 0 Å². The number of amidine groups is 2. The lowest BCUT2D eigenvalue weighted by atomic mass is 9.91. The Balaban J connectivity index is 1.02. The van der Waals surface area contributed by atoms with Crippen molar-refractivity contribution in [2.75, 3.05) is 4.90 Å². The van der Waals surface area contributed by atoms with Gasteiger partial charge in [-0.15, -0.1) is 0 Å². The number of nitrogens with zero attached hydrogens (tertiary/aromatic N) is 6. The van der Waals surface area contributed by atoms with Gasteiger partial charge in [-0.05, 0) is 89.8 Å². The van der Waals surface area contributed by atoms with Crippen LogP contribution in [0.4, 0.5) is 17.1 Å². The molecule has 0 radical (unpaired) electrons. The van der Waals surface area contributed by atoms with Crippen LogP contribution in [-0.4, -0.2) is 29.7 Å². The molecule has 60 heavy (non-hydrogen) atoms. The second-order valence-electron chi connectivity index (χ2n) is 14.8. The summed E-state index contributed by atoms with van der Waals surface area (Å²) in [5, 5.41) is 2.43. The molecular formula is C54H40N6. The van der Waals surface area contributed by atoms with E-state index in [0.717, 1.165) is 68.1 Å². The van der Waals surface area contributed by atoms with Crippen LogP contribution < -0.4 is 4.90 Å². The van der Waals surface area contributed by atoms with Gasteiger partial charge in [0.1, 0.15) is 0 Å². The molecule has 9 aromatic rings. The lowest BCUT2D eigenvalue weighted by Crippen LogP contribution is -2.21. The molecule has 0 amide bonds. The number of fused-ring (bicyclic) bond motifs is 6. The second kappa shape index (κ2) is 15.8. The van der Waals surface area contributed by atoms with Gasteiger partial charge < -0.3 is 9.47 Å². The smallest absolute Gasteiger partial charge is 0.161 e.